The van der Waals surface area contributed by atoms with Crippen LogP contribution in [-0.2, 0) is 14.3 Å². The molecule has 0 radical (unpaired) electrons. The van der Waals surface area contributed by atoms with Crippen LogP contribution in [0.15, 0.2) is 11.6 Å². The van der Waals surface area contributed by atoms with E-state index in [9.17, 15) is 4.79 Å². The molecular formula is C13H19NO3. The molecule has 2 bridgehead atoms. The maximum absolute atomic E-state index is 11.7. The van der Waals surface area contributed by atoms with Crippen LogP contribution in [0, 0.1) is 0 Å². The van der Waals surface area contributed by atoms with Crippen molar-refractivity contribution in [3.05, 3.63) is 11.6 Å². The summed E-state index contributed by atoms with van der Waals surface area (Å²) in [5.74, 6) is -0.170. The standard InChI is InChI=1S/C13H19NO3/c1-4-7(2)13(15)16-8-5-9-11-12(17-11)10(6-8)14(9)3/h4,8-12H,5-6H2,1-3H3. The van der Waals surface area contributed by atoms with Gasteiger partial charge in [-0.15, -0.1) is 0 Å². The Labute approximate surface area is 102 Å². The molecule has 3 fully saturated rings. The van der Waals surface area contributed by atoms with E-state index < -0.39 is 0 Å². The summed E-state index contributed by atoms with van der Waals surface area (Å²) < 4.78 is 11.2. The van der Waals surface area contributed by atoms with E-state index in [0.29, 0.717) is 29.9 Å². The summed E-state index contributed by atoms with van der Waals surface area (Å²) in [6.07, 6.45) is 4.49. The molecule has 3 aliphatic rings. The largest absolute Gasteiger partial charge is 0.459 e. The summed E-state index contributed by atoms with van der Waals surface area (Å²) in [5, 5.41) is 0. The van der Waals surface area contributed by atoms with Gasteiger partial charge in [-0.25, -0.2) is 4.79 Å². The van der Waals surface area contributed by atoms with Crippen molar-refractivity contribution < 1.29 is 14.3 Å². The zero-order valence-corrected chi connectivity index (χ0v) is 10.6. The van der Waals surface area contributed by atoms with Gasteiger partial charge in [0.15, 0.2) is 0 Å². The number of carbonyl (C=O) groups excluding carboxylic acids is 1. The van der Waals surface area contributed by atoms with E-state index in [1.807, 2.05) is 6.92 Å². The average molecular weight is 237 g/mol. The van der Waals surface area contributed by atoms with Crippen LogP contribution in [0.25, 0.3) is 0 Å². The van der Waals surface area contributed by atoms with Gasteiger partial charge >= 0.3 is 5.97 Å². The molecule has 0 aliphatic carbocycles. The number of morpholine rings is 1. The van der Waals surface area contributed by atoms with Gasteiger partial charge in [0, 0.05) is 30.5 Å². The first-order valence-electron chi connectivity index (χ1n) is 6.33. The second kappa shape index (κ2) is 3.82. The number of allylic oxidation sites excluding steroid dienone is 1. The molecule has 4 atom stereocenters. The lowest BCUT2D eigenvalue weighted by atomic mass is 9.99. The Hall–Kier alpha value is -0.870. The monoisotopic (exact) mass is 237 g/mol. The van der Waals surface area contributed by atoms with Gasteiger partial charge in [-0.3, -0.25) is 4.90 Å². The summed E-state index contributed by atoms with van der Waals surface area (Å²) in [6.45, 7) is 3.66. The molecular weight excluding hydrogens is 218 g/mol. The van der Waals surface area contributed by atoms with Crippen LogP contribution < -0.4 is 0 Å². The molecule has 3 saturated heterocycles. The number of hydrogen-bond acceptors (Lipinski definition) is 4. The van der Waals surface area contributed by atoms with E-state index in [-0.39, 0.29) is 12.1 Å². The van der Waals surface area contributed by atoms with Crippen LogP contribution in [0.2, 0.25) is 0 Å². The first-order valence-corrected chi connectivity index (χ1v) is 6.33. The summed E-state index contributed by atoms with van der Waals surface area (Å²) >= 11 is 0. The Kier molecular flexibility index (Phi) is 2.52. The van der Waals surface area contributed by atoms with Crippen molar-refractivity contribution in [3.8, 4) is 0 Å². The third-order valence-electron chi connectivity index (χ3n) is 4.40. The molecule has 0 amide bonds. The van der Waals surface area contributed by atoms with E-state index in [1.165, 1.54) is 0 Å². The van der Waals surface area contributed by atoms with Crippen LogP contribution in [0.5, 0.6) is 0 Å². The second-order valence-corrected chi connectivity index (χ2v) is 5.34. The van der Waals surface area contributed by atoms with Crippen LogP contribution in [0.1, 0.15) is 26.7 Å². The number of fused-ring (bicyclic) bond motifs is 5. The van der Waals surface area contributed by atoms with E-state index >= 15 is 0 Å². The highest BCUT2D eigenvalue weighted by atomic mass is 16.6. The van der Waals surface area contributed by atoms with Gasteiger partial charge in [-0.2, -0.15) is 0 Å². The van der Waals surface area contributed by atoms with Crippen molar-refractivity contribution >= 4 is 5.97 Å². The number of rotatable bonds is 2. The number of piperidine rings is 1. The number of hydrogen-bond donors (Lipinski definition) is 0. The Morgan fingerprint density at radius 1 is 1.35 bits per heavy atom. The average Bonchev–Trinajstić information content (AvgIpc) is 3.05. The Bertz CT molecular complexity index is 361. The highest BCUT2D eigenvalue weighted by molar-refractivity contribution is 5.87. The molecule has 0 spiro atoms. The summed E-state index contributed by atoms with van der Waals surface area (Å²) in [6, 6.07) is 0.893. The van der Waals surface area contributed by atoms with E-state index in [0.717, 1.165) is 12.8 Å². The molecule has 0 N–H and O–H groups in total. The fourth-order valence-corrected chi connectivity index (χ4v) is 3.16. The molecule has 3 aliphatic heterocycles. The molecule has 4 nitrogen and oxygen atoms in total. The fourth-order valence-electron chi connectivity index (χ4n) is 3.16. The molecule has 4 unspecified atom stereocenters. The van der Waals surface area contributed by atoms with Gasteiger partial charge in [-0.05, 0) is 20.9 Å². The summed E-state index contributed by atoms with van der Waals surface area (Å²) in [4.78, 5) is 14.1. The third-order valence-corrected chi connectivity index (χ3v) is 4.40. The normalized spacial score (nSPS) is 44.4. The number of likely N-dealkylation sites (N-methyl/N-ethyl adjacent to an activating group) is 1. The van der Waals surface area contributed by atoms with E-state index in [4.69, 9.17) is 9.47 Å². The van der Waals surface area contributed by atoms with E-state index in [2.05, 4.69) is 11.9 Å². The molecule has 0 aromatic rings. The lowest BCUT2D eigenvalue weighted by Gasteiger charge is -2.37. The highest BCUT2D eigenvalue weighted by Gasteiger charge is 2.62. The van der Waals surface area contributed by atoms with Crippen molar-refractivity contribution in [1.29, 1.82) is 0 Å². The number of nitrogens with zero attached hydrogens (tertiary/aromatic N) is 1. The van der Waals surface area contributed by atoms with Crippen molar-refractivity contribution in [3.63, 3.8) is 0 Å². The minimum absolute atomic E-state index is 0.0694. The van der Waals surface area contributed by atoms with Gasteiger partial charge in [0.05, 0.1) is 0 Å². The number of esters is 1. The SMILES string of the molecule is CC=C(C)C(=O)OC1CC2C3OC3C(C1)N2C. The first kappa shape index (κ1) is 11.2. The zero-order chi connectivity index (χ0) is 12.2. The van der Waals surface area contributed by atoms with Crippen LogP contribution in [-0.4, -0.2) is 48.3 Å². The third kappa shape index (κ3) is 1.70. The summed E-state index contributed by atoms with van der Waals surface area (Å²) in [7, 11) is 2.15. The highest BCUT2D eigenvalue weighted by Crippen LogP contribution is 2.47. The molecule has 4 heteroatoms. The number of ether oxygens (including phenoxy) is 2. The predicted octanol–water partition coefficient (Wildman–Crippen LogP) is 1.11. The van der Waals surface area contributed by atoms with Gasteiger partial charge in [0.25, 0.3) is 0 Å². The molecule has 3 heterocycles. The molecule has 0 saturated carbocycles. The Morgan fingerprint density at radius 2 is 1.94 bits per heavy atom. The molecule has 17 heavy (non-hydrogen) atoms. The first-order chi connectivity index (χ1) is 8.11. The topological polar surface area (TPSA) is 42.1 Å². The van der Waals surface area contributed by atoms with E-state index in [1.54, 1.807) is 13.0 Å². The molecule has 0 aromatic heterocycles. The second-order valence-electron chi connectivity index (χ2n) is 5.34. The van der Waals surface area contributed by atoms with Crippen LogP contribution in [0.4, 0.5) is 0 Å². The maximum Gasteiger partial charge on any atom is 0.333 e. The van der Waals surface area contributed by atoms with Gasteiger partial charge < -0.3 is 9.47 Å². The van der Waals surface area contributed by atoms with Crippen molar-refractivity contribution in [2.45, 2.75) is 57.1 Å². The molecule has 3 rings (SSSR count). The van der Waals surface area contributed by atoms with Crippen molar-refractivity contribution in [2.24, 2.45) is 0 Å². The van der Waals surface area contributed by atoms with Crippen LogP contribution in [0.3, 0.4) is 0 Å². The molecule has 0 aromatic carbocycles. The molecule has 94 valence electrons. The quantitative estimate of drug-likeness (QED) is 0.410. The van der Waals surface area contributed by atoms with Crippen molar-refractivity contribution in [2.75, 3.05) is 7.05 Å². The zero-order valence-electron chi connectivity index (χ0n) is 10.6. The minimum Gasteiger partial charge on any atom is -0.459 e. The summed E-state index contributed by atoms with van der Waals surface area (Å²) in [5.41, 5.74) is 0.692. The maximum atomic E-state index is 11.7. The Morgan fingerprint density at radius 3 is 2.47 bits per heavy atom. The smallest absolute Gasteiger partial charge is 0.333 e. The lowest BCUT2D eigenvalue weighted by Crippen LogP contribution is -2.47. The Balaban J connectivity index is 1.63. The fraction of sp³-hybridized carbons (Fsp3) is 0.769. The van der Waals surface area contributed by atoms with Gasteiger partial charge in [0.2, 0.25) is 0 Å². The van der Waals surface area contributed by atoms with Gasteiger partial charge in [-0.1, -0.05) is 6.08 Å². The number of carbonyl (C=O) groups is 1. The predicted molar refractivity (Wildman–Crippen MR) is 62.5 cm³/mol. The van der Waals surface area contributed by atoms with Crippen molar-refractivity contribution in [1.82, 2.24) is 4.90 Å². The van der Waals surface area contributed by atoms with Gasteiger partial charge in [0.1, 0.15) is 18.3 Å². The lowest BCUT2D eigenvalue weighted by molar-refractivity contribution is -0.148. The van der Waals surface area contributed by atoms with Crippen LogP contribution >= 0.6 is 0 Å². The minimum atomic E-state index is -0.170. The number of epoxide rings is 1.